The molecule has 3 rings (SSSR count). The summed E-state index contributed by atoms with van der Waals surface area (Å²) in [4.78, 5) is 18.4. The number of pyridine rings is 1. The fourth-order valence-electron chi connectivity index (χ4n) is 2.79. The van der Waals surface area contributed by atoms with Crippen LogP contribution in [0.1, 0.15) is 27.7 Å². The monoisotopic (exact) mass is 311 g/mol. The molecule has 5 heteroatoms. The Morgan fingerprint density at radius 3 is 2.96 bits per heavy atom. The Labute approximate surface area is 136 Å². The van der Waals surface area contributed by atoms with Crippen LogP contribution in [0, 0.1) is 0 Å². The number of rotatable bonds is 5. The van der Waals surface area contributed by atoms with E-state index in [1.165, 1.54) is 11.1 Å². The number of ether oxygens (including phenoxy) is 1. The summed E-state index contributed by atoms with van der Waals surface area (Å²) in [5.74, 6) is 0.825. The van der Waals surface area contributed by atoms with Crippen LogP contribution in [0.25, 0.3) is 0 Å². The molecular weight excluding hydrogens is 290 g/mol. The van der Waals surface area contributed by atoms with Gasteiger partial charge in [0.15, 0.2) is 0 Å². The minimum atomic E-state index is -0.151. The molecule has 2 aromatic rings. The lowest BCUT2D eigenvalue weighted by atomic mass is 10.0. The molecule has 1 aliphatic heterocycles. The number of nitrogens with zero attached hydrogens (tertiary/aromatic N) is 2. The fourth-order valence-corrected chi connectivity index (χ4v) is 2.79. The van der Waals surface area contributed by atoms with Gasteiger partial charge in [-0.3, -0.25) is 9.78 Å². The average molecular weight is 311 g/mol. The standard InChI is InChI=1S/C18H21N3O2/c1-21(2)16(12-20-18(22)15-5-3-4-9-19-15)13-6-7-17-14(11-13)8-10-23-17/h3-7,9,11,16H,8,10,12H2,1-2H3,(H,20,22). The first-order chi connectivity index (χ1) is 11.1. The summed E-state index contributed by atoms with van der Waals surface area (Å²) < 4.78 is 5.56. The summed E-state index contributed by atoms with van der Waals surface area (Å²) >= 11 is 0. The smallest absolute Gasteiger partial charge is 0.269 e. The van der Waals surface area contributed by atoms with Gasteiger partial charge in [0.1, 0.15) is 11.4 Å². The molecule has 0 spiro atoms. The number of carbonyl (C=O) groups excluding carboxylic acids is 1. The number of nitrogens with one attached hydrogen (secondary N) is 1. The number of hydrogen-bond acceptors (Lipinski definition) is 4. The minimum Gasteiger partial charge on any atom is -0.493 e. The van der Waals surface area contributed by atoms with Crippen LogP contribution in [0.15, 0.2) is 42.6 Å². The van der Waals surface area contributed by atoms with Crippen molar-refractivity contribution in [3.63, 3.8) is 0 Å². The Morgan fingerprint density at radius 2 is 2.22 bits per heavy atom. The van der Waals surface area contributed by atoms with E-state index in [1.807, 2.05) is 26.2 Å². The van der Waals surface area contributed by atoms with Crippen LogP contribution in [0.2, 0.25) is 0 Å². The molecule has 1 N–H and O–H groups in total. The number of hydrogen-bond donors (Lipinski definition) is 1. The Morgan fingerprint density at radius 1 is 1.35 bits per heavy atom. The number of fused-ring (bicyclic) bond motifs is 1. The predicted octanol–water partition coefficient (Wildman–Crippen LogP) is 2.05. The SMILES string of the molecule is CN(C)C(CNC(=O)c1ccccn1)c1ccc2c(c1)CCO2. The van der Waals surface area contributed by atoms with Crippen LogP contribution in [0.4, 0.5) is 0 Å². The highest BCUT2D eigenvalue weighted by molar-refractivity contribution is 5.92. The van der Waals surface area contributed by atoms with Crippen molar-refractivity contribution in [1.82, 2.24) is 15.2 Å². The summed E-state index contributed by atoms with van der Waals surface area (Å²) in [6.07, 6.45) is 2.57. The third kappa shape index (κ3) is 3.51. The zero-order valence-electron chi connectivity index (χ0n) is 13.5. The highest BCUT2D eigenvalue weighted by Gasteiger charge is 2.19. The number of likely N-dealkylation sites (N-methyl/N-ethyl adjacent to an activating group) is 1. The maximum Gasteiger partial charge on any atom is 0.269 e. The molecule has 0 radical (unpaired) electrons. The van der Waals surface area contributed by atoms with Crippen molar-refractivity contribution < 1.29 is 9.53 Å². The summed E-state index contributed by atoms with van der Waals surface area (Å²) in [5.41, 5.74) is 2.86. The van der Waals surface area contributed by atoms with Crippen LogP contribution in [-0.4, -0.2) is 43.0 Å². The Kier molecular flexibility index (Phi) is 4.57. The van der Waals surface area contributed by atoms with E-state index in [9.17, 15) is 4.79 Å². The van der Waals surface area contributed by atoms with E-state index < -0.39 is 0 Å². The molecule has 120 valence electrons. The average Bonchev–Trinajstić information content (AvgIpc) is 3.03. The van der Waals surface area contributed by atoms with Gasteiger partial charge < -0.3 is 15.0 Å². The van der Waals surface area contributed by atoms with Crippen LogP contribution in [0.3, 0.4) is 0 Å². The van der Waals surface area contributed by atoms with Crippen molar-refractivity contribution in [2.24, 2.45) is 0 Å². The second-order valence-electron chi connectivity index (χ2n) is 5.87. The van der Waals surface area contributed by atoms with Crippen molar-refractivity contribution in [3.05, 3.63) is 59.4 Å². The predicted molar refractivity (Wildman–Crippen MR) is 88.6 cm³/mol. The molecule has 1 aromatic carbocycles. The molecule has 0 bridgehead atoms. The number of aromatic nitrogens is 1. The maximum atomic E-state index is 12.2. The third-order valence-corrected chi connectivity index (χ3v) is 4.08. The molecule has 0 saturated carbocycles. The first kappa shape index (κ1) is 15.5. The van der Waals surface area contributed by atoms with E-state index in [-0.39, 0.29) is 11.9 Å². The van der Waals surface area contributed by atoms with E-state index in [4.69, 9.17) is 4.74 Å². The van der Waals surface area contributed by atoms with Gasteiger partial charge in [-0.25, -0.2) is 0 Å². The fraction of sp³-hybridized carbons (Fsp3) is 0.333. The highest BCUT2D eigenvalue weighted by atomic mass is 16.5. The van der Waals surface area contributed by atoms with Crippen molar-refractivity contribution in [2.45, 2.75) is 12.5 Å². The first-order valence-corrected chi connectivity index (χ1v) is 7.76. The van der Waals surface area contributed by atoms with Gasteiger partial charge in [-0.15, -0.1) is 0 Å². The van der Waals surface area contributed by atoms with Crippen LogP contribution in [-0.2, 0) is 6.42 Å². The van der Waals surface area contributed by atoms with Crippen molar-refractivity contribution in [1.29, 1.82) is 0 Å². The third-order valence-electron chi connectivity index (χ3n) is 4.08. The largest absolute Gasteiger partial charge is 0.493 e. The molecule has 0 saturated heterocycles. The molecular formula is C18H21N3O2. The Bertz CT molecular complexity index is 686. The molecule has 1 amide bonds. The van der Waals surface area contributed by atoms with E-state index >= 15 is 0 Å². The van der Waals surface area contributed by atoms with Crippen molar-refractivity contribution in [3.8, 4) is 5.75 Å². The molecule has 2 heterocycles. The van der Waals surface area contributed by atoms with E-state index in [0.717, 1.165) is 18.8 Å². The maximum absolute atomic E-state index is 12.2. The molecule has 23 heavy (non-hydrogen) atoms. The van der Waals surface area contributed by atoms with E-state index in [2.05, 4.69) is 27.3 Å². The number of amides is 1. The van der Waals surface area contributed by atoms with Crippen LogP contribution in [0.5, 0.6) is 5.75 Å². The summed E-state index contributed by atoms with van der Waals surface area (Å²) in [7, 11) is 4.03. The van der Waals surface area contributed by atoms with E-state index in [1.54, 1.807) is 18.3 Å². The highest BCUT2D eigenvalue weighted by Crippen LogP contribution is 2.29. The van der Waals surface area contributed by atoms with E-state index in [0.29, 0.717) is 12.2 Å². The van der Waals surface area contributed by atoms with Gasteiger partial charge in [-0.1, -0.05) is 18.2 Å². The van der Waals surface area contributed by atoms with Gasteiger partial charge >= 0.3 is 0 Å². The lowest BCUT2D eigenvalue weighted by Gasteiger charge is -2.25. The normalized spacial score (nSPS) is 14.2. The first-order valence-electron chi connectivity index (χ1n) is 7.76. The lowest BCUT2D eigenvalue weighted by molar-refractivity contribution is 0.0937. The zero-order chi connectivity index (χ0) is 16.2. The quantitative estimate of drug-likeness (QED) is 0.918. The molecule has 0 aliphatic carbocycles. The Hall–Kier alpha value is -2.40. The molecule has 1 aromatic heterocycles. The summed E-state index contributed by atoms with van der Waals surface area (Å²) in [6, 6.07) is 11.7. The van der Waals surface area contributed by atoms with Gasteiger partial charge in [-0.2, -0.15) is 0 Å². The van der Waals surface area contributed by atoms with Gasteiger partial charge in [0, 0.05) is 19.2 Å². The summed E-state index contributed by atoms with van der Waals surface area (Å²) in [6.45, 7) is 1.28. The molecule has 0 fully saturated rings. The van der Waals surface area contributed by atoms with Crippen LogP contribution < -0.4 is 10.1 Å². The van der Waals surface area contributed by atoms with Gasteiger partial charge in [0.25, 0.3) is 5.91 Å². The lowest BCUT2D eigenvalue weighted by Crippen LogP contribution is -2.34. The van der Waals surface area contributed by atoms with Crippen molar-refractivity contribution >= 4 is 5.91 Å². The molecule has 5 nitrogen and oxygen atoms in total. The second-order valence-corrected chi connectivity index (χ2v) is 5.87. The minimum absolute atomic E-state index is 0.105. The molecule has 1 aliphatic rings. The molecule has 1 unspecified atom stereocenters. The topological polar surface area (TPSA) is 54.5 Å². The van der Waals surface area contributed by atoms with Gasteiger partial charge in [-0.05, 0) is 43.4 Å². The van der Waals surface area contributed by atoms with Crippen molar-refractivity contribution in [2.75, 3.05) is 27.2 Å². The Balaban J connectivity index is 1.71. The summed E-state index contributed by atoms with van der Waals surface area (Å²) in [5, 5.41) is 2.97. The number of benzene rings is 1. The van der Waals surface area contributed by atoms with Gasteiger partial charge in [0.2, 0.25) is 0 Å². The second kappa shape index (κ2) is 6.79. The number of carbonyl (C=O) groups is 1. The molecule has 1 atom stereocenters. The zero-order valence-corrected chi connectivity index (χ0v) is 13.5. The van der Waals surface area contributed by atoms with Gasteiger partial charge in [0.05, 0.1) is 12.6 Å². The van der Waals surface area contributed by atoms with Crippen LogP contribution >= 0.6 is 0 Å².